The second-order valence-corrected chi connectivity index (χ2v) is 5.21. The number of hydrogen-bond acceptors (Lipinski definition) is 4. The van der Waals surface area contributed by atoms with Gasteiger partial charge in [-0.15, -0.1) is 0 Å². The fraction of sp³-hybridized carbons (Fsp3) is 0.667. The van der Waals surface area contributed by atoms with E-state index in [1.165, 1.54) is 7.11 Å². The van der Waals surface area contributed by atoms with E-state index in [1.54, 1.807) is 6.08 Å². The number of ether oxygens (including phenoxy) is 3. The lowest BCUT2D eigenvalue weighted by Crippen LogP contribution is -2.44. The second kappa shape index (κ2) is 5.68. The van der Waals surface area contributed by atoms with Crippen molar-refractivity contribution in [1.29, 1.82) is 0 Å². The first-order valence-corrected chi connectivity index (χ1v) is 6.98. The average molecular weight is 266 g/mol. The van der Waals surface area contributed by atoms with Crippen molar-refractivity contribution in [2.24, 2.45) is 0 Å². The maximum Gasteiger partial charge on any atom is 0.348 e. The van der Waals surface area contributed by atoms with Gasteiger partial charge in [-0.3, -0.25) is 0 Å². The molecule has 1 fully saturated rings. The van der Waals surface area contributed by atoms with E-state index < -0.39 is 5.79 Å². The summed E-state index contributed by atoms with van der Waals surface area (Å²) in [6.07, 6.45) is 7.35. The molecular weight excluding hydrogens is 244 g/mol. The Bertz CT molecular complexity index is 414. The summed E-state index contributed by atoms with van der Waals surface area (Å²) in [5, 5.41) is 0. The van der Waals surface area contributed by atoms with E-state index >= 15 is 0 Å². The van der Waals surface area contributed by atoms with Gasteiger partial charge in [0.1, 0.15) is 5.57 Å². The molecule has 4 heteroatoms. The Kier molecular flexibility index (Phi) is 4.17. The van der Waals surface area contributed by atoms with Crippen molar-refractivity contribution in [2.75, 3.05) is 7.11 Å². The normalized spacial score (nSPS) is 23.1. The molecule has 0 N–H and O–H groups in total. The largest absolute Gasteiger partial charge is 0.468 e. The zero-order valence-corrected chi connectivity index (χ0v) is 12.0. The minimum absolute atomic E-state index is 0.297. The quantitative estimate of drug-likeness (QED) is 0.734. The van der Waals surface area contributed by atoms with E-state index in [0.29, 0.717) is 11.5 Å². The molecule has 0 saturated heterocycles. The summed E-state index contributed by atoms with van der Waals surface area (Å²) < 4.78 is 16.7. The summed E-state index contributed by atoms with van der Waals surface area (Å²) in [5.74, 6) is -0.832. The molecule has 0 bridgehead atoms. The summed E-state index contributed by atoms with van der Waals surface area (Å²) in [6, 6.07) is 0. The molecule has 0 aromatic rings. The van der Waals surface area contributed by atoms with Crippen LogP contribution in [0.25, 0.3) is 0 Å². The van der Waals surface area contributed by atoms with Crippen molar-refractivity contribution in [3.63, 3.8) is 0 Å². The third kappa shape index (κ3) is 2.94. The molecule has 2 aliphatic rings. The van der Waals surface area contributed by atoms with Gasteiger partial charge in [-0.1, -0.05) is 18.9 Å². The van der Waals surface area contributed by atoms with E-state index in [0.717, 1.165) is 44.1 Å². The Morgan fingerprint density at radius 1 is 1.32 bits per heavy atom. The number of hydrogen-bond donors (Lipinski definition) is 0. The second-order valence-electron chi connectivity index (χ2n) is 5.21. The van der Waals surface area contributed by atoms with Gasteiger partial charge >= 0.3 is 5.97 Å². The Morgan fingerprint density at radius 2 is 2.00 bits per heavy atom. The zero-order valence-electron chi connectivity index (χ0n) is 12.0. The lowest BCUT2D eigenvalue weighted by molar-refractivity contribution is -0.251. The number of allylic oxidation sites excluding steroid dienone is 1. The van der Waals surface area contributed by atoms with Gasteiger partial charge < -0.3 is 14.2 Å². The lowest BCUT2D eigenvalue weighted by Gasteiger charge is -2.39. The molecule has 0 aromatic heterocycles. The van der Waals surface area contributed by atoms with E-state index in [9.17, 15) is 4.79 Å². The summed E-state index contributed by atoms with van der Waals surface area (Å²) >= 11 is 0. The minimum Gasteiger partial charge on any atom is -0.468 e. The Hall–Kier alpha value is -1.45. The third-order valence-corrected chi connectivity index (χ3v) is 3.75. The van der Waals surface area contributed by atoms with Gasteiger partial charge in [0, 0.05) is 12.8 Å². The molecule has 0 amide bonds. The van der Waals surface area contributed by atoms with Gasteiger partial charge in [-0.05, 0) is 32.3 Å². The highest BCUT2D eigenvalue weighted by Crippen LogP contribution is 2.39. The fourth-order valence-corrected chi connectivity index (χ4v) is 2.46. The molecule has 0 unspecified atom stereocenters. The molecule has 106 valence electrons. The van der Waals surface area contributed by atoms with Crippen LogP contribution in [0.3, 0.4) is 0 Å². The molecule has 2 rings (SSSR count). The number of rotatable bonds is 3. The number of carbonyl (C=O) groups excluding carboxylic acids is 1. The number of carbonyl (C=O) groups is 1. The molecule has 1 spiro atoms. The van der Waals surface area contributed by atoms with E-state index in [2.05, 4.69) is 0 Å². The van der Waals surface area contributed by atoms with E-state index in [-0.39, 0.29) is 5.97 Å². The molecule has 19 heavy (non-hydrogen) atoms. The van der Waals surface area contributed by atoms with Gasteiger partial charge in [-0.2, -0.15) is 0 Å². The van der Waals surface area contributed by atoms with Crippen LogP contribution in [0.4, 0.5) is 0 Å². The maximum atomic E-state index is 12.2. The maximum absolute atomic E-state index is 12.2. The van der Waals surface area contributed by atoms with Crippen LogP contribution in [-0.4, -0.2) is 18.9 Å². The van der Waals surface area contributed by atoms with Crippen molar-refractivity contribution >= 4 is 5.97 Å². The standard InChI is InChI=1S/C15H22O4/c1-4-11(2)10-12-13(16)18-15(19-14(12)17-3)8-6-5-7-9-15/h10H,4-9H2,1-3H3. The van der Waals surface area contributed by atoms with Crippen molar-refractivity contribution < 1.29 is 19.0 Å². The number of methoxy groups -OCH3 is 1. The summed E-state index contributed by atoms with van der Waals surface area (Å²) in [5.41, 5.74) is 1.47. The molecule has 0 atom stereocenters. The van der Waals surface area contributed by atoms with Crippen LogP contribution < -0.4 is 0 Å². The topological polar surface area (TPSA) is 44.8 Å². The molecule has 1 saturated carbocycles. The first kappa shape index (κ1) is 14.0. The monoisotopic (exact) mass is 266 g/mol. The molecule has 1 aliphatic heterocycles. The van der Waals surface area contributed by atoms with Crippen molar-refractivity contribution in [3.8, 4) is 0 Å². The highest BCUT2D eigenvalue weighted by molar-refractivity contribution is 5.92. The smallest absolute Gasteiger partial charge is 0.348 e. The first-order chi connectivity index (χ1) is 9.10. The predicted octanol–water partition coefficient (Wildman–Crippen LogP) is 3.43. The van der Waals surface area contributed by atoms with Crippen molar-refractivity contribution in [2.45, 2.75) is 58.2 Å². The predicted molar refractivity (Wildman–Crippen MR) is 71.1 cm³/mol. The Labute approximate surface area is 114 Å². The first-order valence-electron chi connectivity index (χ1n) is 6.98. The van der Waals surface area contributed by atoms with E-state index in [1.807, 2.05) is 13.8 Å². The summed E-state index contributed by atoms with van der Waals surface area (Å²) in [4.78, 5) is 12.2. The number of esters is 1. The molecule has 0 aromatic carbocycles. The highest BCUT2D eigenvalue weighted by Gasteiger charge is 2.44. The minimum atomic E-state index is -0.794. The molecule has 1 heterocycles. The van der Waals surface area contributed by atoms with Gasteiger partial charge in [-0.25, -0.2) is 4.79 Å². The van der Waals surface area contributed by atoms with Gasteiger partial charge in [0.2, 0.25) is 0 Å². The summed E-state index contributed by atoms with van der Waals surface area (Å²) in [7, 11) is 1.53. The van der Waals surface area contributed by atoms with E-state index in [4.69, 9.17) is 14.2 Å². The average Bonchev–Trinajstić information content (AvgIpc) is 2.42. The van der Waals surface area contributed by atoms with Gasteiger partial charge in [0.15, 0.2) is 0 Å². The highest BCUT2D eigenvalue weighted by atomic mass is 16.8. The van der Waals surface area contributed by atoms with Crippen LogP contribution in [-0.2, 0) is 19.0 Å². The van der Waals surface area contributed by atoms with Crippen molar-refractivity contribution in [3.05, 3.63) is 23.2 Å². The lowest BCUT2D eigenvalue weighted by atomic mass is 9.93. The molecule has 0 radical (unpaired) electrons. The van der Waals surface area contributed by atoms with Crippen LogP contribution in [0.5, 0.6) is 0 Å². The van der Waals surface area contributed by atoms with Crippen LogP contribution in [0.15, 0.2) is 23.2 Å². The van der Waals surface area contributed by atoms with Crippen LogP contribution in [0, 0.1) is 0 Å². The Morgan fingerprint density at radius 3 is 2.58 bits per heavy atom. The van der Waals surface area contributed by atoms with Gasteiger partial charge in [0.25, 0.3) is 11.7 Å². The fourth-order valence-electron chi connectivity index (χ4n) is 2.46. The molecule has 4 nitrogen and oxygen atoms in total. The van der Waals surface area contributed by atoms with Crippen LogP contribution in [0.1, 0.15) is 52.4 Å². The molecule has 1 aliphatic carbocycles. The molecular formula is C15H22O4. The van der Waals surface area contributed by atoms with Crippen LogP contribution in [0.2, 0.25) is 0 Å². The van der Waals surface area contributed by atoms with Crippen LogP contribution >= 0.6 is 0 Å². The van der Waals surface area contributed by atoms with Gasteiger partial charge in [0.05, 0.1) is 7.11 Å². The Balaban J connectivity index is 2.29. The summed E-state index contributed by atoms with van der Waals surface area (Å²) in [6.45, 7) is 4.01. The SMILES string of the molecule is CCC(C)=CC1=C(OC)OC2(CCCCC2)OC1=O. The third-order valence-electron chi connectivity index (χ3n) is 3.75. The zero-order chi connectivity index (χ0) is 13.9. The van der Waals surface area contributed by atoms with Crippen molar-refractivity contribution in [1.82, 2.24) is 0 Å².